The lowest BCUT2D eigenvalue weighted by atomic mass is 10.0. The number of amides is 3. The van der Waals surface area contributed by atoms with Crippen LogP contribution in [0.1, 0.15) is 45.6 Å². The van der Waals surface area contributed by atoms with E-state index in [-0.39, 0.29) is 24.7 Å². The standard InChI is InChI=1S/C31H25ClN6O3/c1-19-9-10-21(15-20(19)11-12-23-18-33-28-8-3-13-35-38(23)28)27(39)7-4-14-37-30(40)26(36-31(37)41)16-22-17-34-29-24(22)5-2-6-25(29)32/h2-3,5-6,8-10,13,15,17-18,26,34H,4,7,14,16H2,1H3,(H,36,41). The van der Waals surface area contributed by atoms with Crippen molar-refractivity contribution in [2.45, 2.75) is 32.2 Å². The number of fused-ring (bicyclic) bond motifs is 2. The van der Waals surface area contributed by atoms with Crippen molar-refractivity contribution in [3.8, 4) is 11.8 Å². The third kappa shape index (κ3) is 5.17. The number of halogens is 1. The van der Waals surface area contributed by atoms with Crippen molar-refractivity contribution in [2.24, 2.45) is 0 Å². The zero-order valence-electron chi connectivity index (χ0n) is 22.1. The fourth-order valence-electron chi connectivity index (χ4n) is 5.01. The number of aromatic nitrogens is 4. The van der Waals surface area contributed by atoms with Gasteiger partial charge in [0.05, 0.1) is 16.7 Å². The van der Waals surface area contributed by atoms with E-state index in [1.807, 2.05) is 43.5 Å². The summed E-state index contributed by atoms with van der Waals surface area (Å²) < 4.78 is 1.66. The van der Waals surface area contributed by atoms with Gasteiger partial charge in [0.15, 0.2) is 11.4 Å². The first-order valence-corrected chi connectivity index (χ1v) is 13.6. The molecule has 5 aromatic rings. The number of hydrogen-bond acceptors (Lipinski definition) is 5. The molecular weight excluding hydrogens is 540 g/mol. The van der Waals surface area contributed by atoms with E-state index in [0.717, 1.165) is 27.6 Å². The van der Waals surface area contributed by atoms with Gasteiger partial charge >= 0.3 is 6.03 Å². The van der Waals surface area contributed by atoms with Gasteiger partial charge in [-0.2, -0.15) is 5.10 Å². The van der Waals surface area contributed by atoms with Crippen molar-refractivity contribution < 1.29 is 14.4 Å². The average molecular weight is 565 g/mol. The average Bonchev–Trinajstić information content (AvgIpc) is 3.65. The maximum Gasteiger partial charge on any atom is 0.324 e. The number of carbonyl (C=O) groups excluding carboxylic acids is 3. The highest BCUT2D eigenvalue weighted by Crippen LogP contribution is 2.27. The SMILES string of the molecule is Cc1ccc(C(=O)CCCN2C(=O)NC(Cc3c[nH]c4c(Cl)cccc34)C2=O)cc1C#Cc1cnc2cccnn12. The van der Waals surface area contributed by atoms with E-state index in [9.17, 15) is 14.4 Å². The fourth-order valence-corrected chi connectivity index (χ4v) is 5.24. The van der Waals surface area contributed by atoms with E-state index in [1.54, 1.807) is 35.1 Å². The summed E-state index contributed by atoms with van der Waals surface area (Å²) in [6.45, 7) is 2.09. The molecule has 3 amide bonds. The number of nitrogens with one attached hydrogen (secondary N) is 2. The van der Waals surface area contributed by atoms with E-state index in [1.165, 1.54) is 4.90 Å². The van der Waals surface area contributed by atoms with Crippen LogP contribution in [0.15, 0.2) is 67.1 Å². The molecule has 0 aliphatic carbocycles. The molecule has 2 aromatic carbocycles. The largest absolute Gasteiger partial charge is 0.360 e. The zero-order chi connectivity index (χ0) is 28.5. The van der Waals surface area contributed by atoms with Crippen LogP contribution in [0.4, 0.5) is 4.79 Å². The number of aryl methyl sites for hydroxylation is 1. The van der Waals surface area contributed by atoms with Gasteiger partial charge in [-0.25, -0.2) is 14.3 Å². The molecule has 4 heterocycles. The summed E-state index contributed by atoms with van der Waals surface area (Å²) >= 11 is 6.25. The first kappa shape index (κ1) is 26.3. The lowest BCUT2D eigenvalue weighted by Gasteiger charge is -2.13. The molecule has 0 spiro atoms. The maximum absolute atomic E-state index is 13.0. The van der Waals surface area contributed by atoms with Crippen LogP contribution in [-0.2, 0) is 11.2 Å². The lowest BCUT2D eigenvalue weighted by Crippen LogP contribution is -2.33. The summed E-state index contributed by atoms with van der Waals surface area (Å²) in [7, 11) is 0. The summed E-state index contributed by atoms with van der Waals surface area (Å²) in [5.74, 6) is 5.85. The lowest BCUT2D eigenvalue weighted by molar-refractivity contribution is -0.127. The van der Waals surface area contributed by atoms with Gasteiger partial charge in [0, 0.05) is 48.3 Å². The van der Waals surface area contributed by atoms with Gasteiger partial charge in [-0.15, -0.1) is 0 Å². The zero-order valence-corrected chi connectivity index (χ0v) is 22.9. The number of imide groups is 1. The molecule has 2 N–H and O–H groups in total. The molecule has 41 heavy (non-hydrogen) atoms. The predicted octanol–water partition coefficient (Wildman–Crippen LogP) is 4.70. The van der Waals surface area contributed by atoms with Crippen LogP contribution in [0, 0.1) is 18.8 Å². The van der Waals surface area contributed by atoms with E-state index in [2.05, 4.69) is 32.2 Å². The van der Waals surface area contributed by atoms with Gasteiger partial charge in [-0.1, -0.05) is 41.8 Å². The number of nitrogens with zero attached hydrogens (tertiary/aromatic N) is 4. The van der Waals surface area contributed by atoms with Crippen LogP contribution >= 0.6 is 11.6 Å². The first-order valence-electron chi connectivity index (χ1n) is 13.2. The van der Waals surface area contributed by atoms with Crippen molar-refractivity contribution in [2.75, 3.05) is 6.54 Å². The Bertz CT molecular complexity index is 1900. The Morgan fingerprint density at radius 2 is 2.00 bits per heavy atom. The van der Waals surface area contributed by atoms with Crippen molar-refractivity contribution in [1.29, 1.82) is 0 Å². The molecule has 9 nitrogen and oxygen atoms in total. The monoisotopic (exact) mass is 564 g/mol. The van der Waals surface area contributed by atoms with E-state index in [4.69, 9.17) is 11.6 Å². The molecule has 1 saturated heterocycles. The summed E-state index contributed by atoms with van der Waals surface area (Å²) in [6.07, 6.45) is 6.04. The summed E-state index contributed by atoms with van der Waals surface area (Å²) in [5, 5.41) is 8.56. The van der Waals surface area contributed by atoms with Crippen LogP contribution < -0.4 is 5.32 Å². The van der Waals surface area contributed by atoms with Gasteiger partial charge in [-0.05, 0) is 54.7 Å². The van der Waals surface area contributed by atoms with Gasteiger partial charge in [-0.3, -0.25) is 14.5 Å². The molecule has 3 aromatic heterocycles. The summed E-state index contributed by atoms with van der Waals surface area (Å²) in [4.78, 5) is 47.2. The topological polar surface area (TPSA) is 112 Å². The number of imidazole rings is 1. The normalized spacial score (nSPS) is 14.9. The smallest absolute Gasteiger partial charge is 0.324 e. The van der Waals surface area contributed by atoms with Crippen LogP contribution in [0.2, 0.25) is 5.02 Å². The van der Waals surface area contributed by atoms with Crippen molar-refractivity contribution in [3.63, 3.8) is 0 Å². The Morgan fingerprint density at radius 1 is 1.12 bits per heavy atom. The second-order valence-electron chi connectivity index (χ2n) is 9.92. The quantitative estimate of drug-likeness (QED) is 0.169. The molecule has 1 unspecified atom stereocenters. The molecule has 1 atom stereocenters. The number of carbonyl (C=O) groups is 3. The minimum Gasteiger partial charge on any atom is -0.360 e. The first-order chi connectivity index (χ1) is 19.9. The van der Waals surface area contributed by atoms with Gasteiger partial charge < -0.3 is 10.3 Å². The highest BCUT2D eigenvalue weighted by atomic mass is 35.5. The van der Waals surface area contributed by atoms with Crippen molar-refractivity contribution in [3.05, 3.63) is 100 Å². The fraction of sp³-hybridized carbons (Fsp3) is 0.194. The molecule has 6 rings (SSSR count). The van der Waals surface area contributed by atoms with Crippen molar-refractivity contribution in [1.82, 2.24) is 29.8 Å². The number of rotatable bonds is 7. The Hall–Kier alpha value is -4.94. The summed E-state index contributed by atoms with van der Waals surface area (Å²) in [6, 6.07) is 13.5. The Kier molecular flexibility index (Phi) is 7.00. The molecule has 0 bridgehead atoms. The molecule has 10 heteroatoms. The molecule has 204 valence electrons. The van der Waals surface area contributed by atoms with Crippen LogP contribution in [-0.4, -0.2) is 54.8 Å². The predicted molar refractivity (Wildman–Crippen MR) is 155 cm³/mol. The number of H-pyrrole nitrogens is 1. The number of hydrogen-bond donors (Lipinski definition) is 2. The third-order valence-electron chi connectivity index (χ3n) is 7.23. The highest BCUT2D eigenvalue weighted by Gasteiger charge is 2.37. The van der Waals surface area contributed by atoms with E-state index < -0.39 is 12.1 Å². The Labute approximate surface area is 240 Å². The molecule has 1 fully saturated rings. The number of urea groups is 1. The van der Waals surface area contributed by atoms with E-state index in [0.29, 0.717) is 34.8 Å². The third-order valence-corrected chi connectivity index (χ3v) is 7.54. The van der Waals surface area contributed by atoms with E-state index >= 15 is 0 Å². The van der Waals surface area contributed by atoms with Gasteiger partial charge in [0.2, 0.25) is 0 Å². The molecule has 1 aliphatic rings. The number of Topliss-reactive ketones (excluding diaryl/α,β-unsaturated/α-hetero) is 1. The second kappa shape index (κ2) is 10.9. The maximum atomic E-state index is 13.0. The Morgan fingerprint density at radius 3 is 2.88 bits per heavy atom. The number of para-hydroxylation sites is 1. The number of ketones is 1. The van der Waals surface area contributed by atoms with Crippen LogP contribution in [0.5, 0.6) is 0 Å². The molecular formula is C31H25ClN6O3. The molecule has 0 radical (unpaired) electrons. The van der Waals surface area contributed by atoms with Gasteiger partial charge in [0.25, 0.3) is 5.91 Å². The molecule has 1 aliphatic heterocycles. The number of aromatic amines is 1. The number of benzene rings is 2. The minimum absolute atomic E-state index is 0.0798. The highest BCUT2D eigenvalue weighted by molar-refractivity contribution is 6.35. The van der Waals surface area contributed by atoms with Crippen LogP contribution in [0.25, 0.3) is 16.6 Å². The molecule has 0 saturated carbocycles. The van der Waals surface area contributed by atoms with Crippen molar-refractivity contribution >= 4 is 45.9 Å². The van der Waals surface area contributed by atoms with Crippen LogP contribution in [0.3, 0.4) is 0 Å². The van der Waals surface area contributed by atoms with Gasteiger partial charge in [0.1, 0.15) is 11.7 Å². The minimum atomic E-state index is -0.669. The Balaban J connectivity index is 1.08. The summed E-state index contributed by atoms with van der Waals surface area (Å²) in [5.41, 5.74) is 5.26. The second-order valence-corrected chi connectivity index (χ2v) is 10.3.